The molecule has 1 rings (SSSR count). The first kappa shape index (κ1) is 6.81. The summed E-state index contributed by atoms with van der Waals surface area (Å²) in [5.41, 5.74) is -0.530. The van der Waals surface area contributed by atoms with Gasteiger partial charge in [0.1, 0.15) is 0 Å². The van der Waals surface area contributed by atoms with Gasteiger partial charge in [0.05, 0.1) is 5.60 Å². The van der Waals surface area contributed by atoms with E-state index in [-0.39, 0.29) is 0 Å². The quantitative estimate of drug-likeness (QED) is 0.490. The van der Waals surface area contributed by atoms with E-state index in [9.17, 15) is 5.11 Å². The van der Waals surface area contributed by atoms with Crippen molar-refractivity contribution in [2.45, 2.75) is 32.3 Å². The molecule has 0 radical (unpaired) electrons. The molecule has 1 aliphatic rings. The Hall–Kier alpha value is -0.300. The van der Waals surface area contributed by atoms with Crippen molar-refractivity contribution in [2.24, 2.45) is 5.92 Å². The summed E-state index contributed by atoms with van der Waals surface area (Å²) < 4.78 is 0. The molecule has 0 unspecified atom stereocenters. The van der Waals surface area contributed by atoms with Crippen molar-refractivity contribution in [1.29, 1.82) is 0 Å². The van der Waals surface area contributed by atoms with E-state index >= 15 is 0 Å². The maximum Gasteiger partial charge on any atom is 0.0802 e. The SMILES string of the molecule is C[C@H]1CC=C[C@](C)(O)C1. The van der Waals surface area contributed by atoms with Crippen molar-refractivity contribution in [1.82, 2.24) is 0 Å². The zero-order valence-electron chi connectivity index (χ0n) is 6.09. The van der Waals surface area contributed by atoms with Crippen LogP contribution < -0.4 is 0 Å². The summed E-state index contributed by atoms with van der Waals surface area (Å²) in [6, 6.07) is 0. The van der Waals surface area contributed by atoms with Crippen LogP contribution in [0.4, 0.5) is 0 Å². The molecule has 0 saturated heterocycles. The molecular formula is C8H14O. The third-order valence-electron chi connectivity index (χ3n) is 1.78. The lowest BCUT2D eigenvalue weighted by Gasteiger charge is -2.26. The van der Waals surface area contributed by atoms with E-state index in [0.29, 0.717) is 5.92 Å². The van der Waals surface area contributed by atoms with Crippen molar-refractivity contribution in [3.05, 3.63) is 12.2 Å². The third-order valence-corrected chi connectivity index (χ3v) is 1.78. The molecule has 1 nitrogen and oxygen atoms in total. The highest BCUT2D eigenvalue weighted by Crippen LogP contribution is 2.25. The molecule has 1 heteroatoms. The molecule has 1 aliphatic carbocycles. The number of aliphatic hydroxyl groups is 1. The Morgan fingerprint density at radius 2 is 2.33 bits per heavy atom. The van der Waals surface area contributed by atoms with Gasteiger partial charge in [0.25, 0.3) is 0 Å². The van der Waals surface area contributed by atoms with E-state index in [1.165, 1.54) is 0 Å². The zero-order valence-corrected chi connectivity index (χ0v) is 6.09. The van der Waals surface area contributed by atoms with Crippen LogP contribution in [0.3, 0.4) is 0 Å². The van der Waals surface area contributed by atoms with Crippen molar-refractivity contribution in [3.8, 4) is 0 Å². The Bertz CT molecular complexity index is 125. The van der Waals surface area contributed by atoms with Crippen molar-refractivity contribution in [2.75, 3.05) is 0 Å². The zero-order chi connectivity index (χ0) is 6.91. The summed E-state index contributed by atoms with van der Waals surface area (Å²) in [5.74, 6) is 0.644. The lowest BCUT2D eigenvalue weighted by molar-refractivity contribution is 0.0785. The summed E-state index contributed by atoms with van der Waals surface area (Å²) >= 11 is 0. The molecule has 0 aromatic heterocycles. The van der Waals surface area contributed by atoms with Gasteiger partial charge in [-0.2, -0.15) is 0 Å². The van der Waals surface area contributed by atoms with Gasteiger partial charge in [0.15, 0.2) is 0 Å². The number of hydrogen-bond acceptors (Lipinski definition) is 1. The van der Waals surface area contributed by atoms with E-state index in [1.807, 2.05) is 13.0 Å². The fourth-order valence-electron chi connectivity index (χ4n) is 1.41. The highest BCUT2D eigenvalue weighted by Gasteiger charge is 2.22. The highest BCUT2D eigenvalue weighted by atomic mass is 16.3. The molecule has 9 heavy (non-hydrogen) atoms. The van der Waals surface area contributed by atoms with Crippen LogP contribution in [0.15, 0.2) is 12.2 Å². The largest absolute Gasteiger partial charge is 0.386 e. The Morgan fingerprint density at radius 1 is 1.67 bits per heavy atom. The molecule has 0 fully saturated rings. The van der Waals surface area contributed by atoms with Gasteiger partial charge in [0, 0.05) is 0 Å². The topological polar surface area (TPSA) is 20.2 Å². The van der Waals surface area contributed by atoms with Gasteiger partial charge in [-0.05, 0) is 25.7 Å². The molecule has 0 aliphatic heterocycles. The van der Waals surface area contributed by atoms with Gasteiger partial charge >= 0.3 is 0 Å². The first-order valence-electron chi connectivity index (χ1n) is 3.50. The lowest BCUT2D eigenvalue weighted by Crippen LogP contribution is -2.26. The van der Waals surface area contributed by atoms with Gasteiger partial charge in [-0.1, -0.05) is 19.1 Å². The molecule has 0 amide bonds. The minimum atomic E-state index is -0.530. The van der Waals surface area contributed by atoms with E-state index < -0.39 is 5.60 Å². The molecular weight excluding hydrogens is 112 g/mol. The average Bonchev–Trinajstić information content (AvgIpc) is 1.60. The van der Waals surface area contributed by atoms with Crippen molar-refractivity contribution >= 4 is 0 Å². The predicted molar refractivity (Wildman–Crippen MR) is 38.2 cm³/mol. The molecule has 0 saturated carbocycles. The number of allylic oxidation sites excluding steroid dienone is 1. The van der Waals surface area contributed by atoms with Crippen LogP contribution in [0, 0.1) is 5.92 Å². The van der Waals surface area contributed by atoms with Crippen molar-refractivity contribution < 1.29 is 5.11 Å². The van der Waals surface area contributed by atoms with Gasteiger partial charge in [-0.15, -0.1) is 0 Å². The minimum absolute atomic E-state index is 0.530. The maximum absolute atomic E-state index is 9.46. The second-order valence-electron chi connectivity index (χ2n) is 3.30. The molecule has 52 valence electrons. The fraction of sp³-hybridized carbons (Fsp3) is 0.750. The monoisotopic (exact) mass is 126 g/mol. The van der Waals surface area contributed by atoms with Gasteiger partial charge in [-0.25, -0.2) is 0 Å². The molecule has 0 aromatic rings. The van der Waals surface area contributed by atoms with Crippen molar-refractivity contribution in [3.63, 3.8) is 0 Å². The van der Waals surface area contributed by atoms with Crippen LogP contribution in [0.2, 0.25) is 0 Å². The molecule has 2 atom stereocenters. The normalized spacial score (nSPS) is 43.2. The smallest absolute Gasteiger partial charge is 0.0802 e. The molecule has 0 spiro atoms. The van der Waals surface area contributed by atoms with Crippen LogP contribution >= 0.6 is 0 Å². The Kier molecular flexibility index (Phi) is 1.62. The summed E-state index contributed by atoms with van der Waals surface area (Å²) in [6.45, 7) is 4.02. The standard InChI is InChI=1S/C8H14O/c1-7-4-3-5-8(2,9)6-7/h3,5,7,9H,4,6H2,1-2H3/t7-,8-/m0/s1. The first-order chi connectivity index (χ1) is 4.10. The van der Waals surface area contributed by atoms with E-state index in [4.69, 9.17) is 0 Å². The van der Waals surface area contributed by atoms with E-state index in [1.54, 1.807) is 0 Å². The predicted octanol–water partition coefficient (Wildman–Crippen LogP) is 1.72. The molecule has 0 bridgehead atoms. The highest BCUT2D eigenvalue weighted by molar-refractivity contribution is 5.03. The Balaban J connectivity index is 2.60. The van der Waals surface area contributed by atoms with Crippen LogP contribution in [-0.4, -0.2) is 10.7 Å². The van der Waals surface area contributed by atoms with Crippen LogP contribution in [0.1, 0.15) is 26.7 Å². The Labute approximate surface area is 56.4 Å². The summed E-state index contributed by atoms with van der Waals surface area (Å²) in [5, 5.41) is 9.46. The lowest BCUT2D eigenvalue weighted by atomic mass is 9.86. The summed E-state index contributed by atoms with van der Waals surface area (Å²) in [7, 11) is 0. The number of rotatable bonds is 0. The second-order valence-corrected chi connectivity index (χ2v) is 3.30. The Morgan fingerprint density at radius 3 is 2.67 bits per heavy atom. The van der Waals surface area contributed by atoms with Crippen LogP contribution in [-0.2, 0) is 0 Å². The van der Waals surface area contributed by atoms with Gasteiger partial charge in [0.2, 0.25) is 0 Å². The van der Waals surface area contributed by atoms with Crippen LogP contribution in [0.25, 0.3) is 0 Å². The van der Waals surface area contributed by atoms with E-state index in [2.05, 4.69) is 13.0 Å². The molecule has 0 aromatic carbocycles. The first-order valence-corrected chi connectivity index (χ1v) is 3.50. The number of hydrogen-bond donors (Lipinski definition) is 1. The van der Waals surface area contributed by atoms with Gasteiger partial charge in [-0.3, -0.25) is 0 Å². The third kappa shape index (κ3) is 1.83. The molecule has 0 heterocycles. The average molecular weight is 126 g/mol. The minimum Gasteiger partial charge on any atom is -0.386 e. The molecule has 1 N–H and O–H groups in total. The fourth-order valence-corrected chi connectivity index (χ4v) is 1.41. The van der Waals surface area contributed by atoms with Gasteiger partial charge < -0.3 is 5.11 Å². The second kappa shape index (κ2) is 2.14. The van der Waals surface area contributed by atoms with E-state index in [0.717, 1.165) is 12.8 Å². The summed E-state index contributed by atoms with van der Waals surface area (Å²) in [6.07, 6.45) is 5.99. The van der Waals surface area contributed by atoms with Crippen LogP contribution in [0.5, 0.6) is 0 Å². The summed E-state index contributed by atoms with van der Waals surface area (Å²) in [4.78, 5) is 0. The maximum atomic E-state index is 9.46.